The van der Waals surface area contributed by atoms with E-state index in [1.807, 2.05) is 4.81 Å². The van der Waals surface area contributed by atoms with E-state index in [9.17, 15) is 9.82 Å². The highest BCUT2D eigenvalue weighted by molar-refractivity contribution is 6.45. The Kier molecular flexibility index (Phi) is 4.73. The Balaban J connectivity index is 1.69. The summed E-state index contributed by atoms with van der Waals surface area (Å²) in [6.07, 6.45) is -0.160. The lowest BCUT2D eigenvalue weighted by Crippen LogP contribution is -2.59. The standard InChI is InChI=1S/C15H19BClNO4/c1-16(20)18-6-11-8-21-9-12(7-18)14(11)22-15(19)10-2-4-13(17)5-3-10/h2-5,11-12,14,20H,6-9H2,1H3/t11-,12+,14?. The number of nitrogens with zero attached hydrogens (tertiary/aromatic N) is 1. The van der Waals surface area contributed by atoms with Crippen LogP contribution < -0.4 is 0 Å². The van der Waals surface area contributed by atoms with E-state index in [1.54, 1.807) is 31.1 Å². The van der Waals surface area contributed by atoms with Crippen LogP contribution in [-0.4, -0.2) is 55.3 Å². The fourth-order valence-electron chi connectivity index (χ4n) is 3.21. The van der Waals surface area contributed by atoms with E-state index in [2.05, 4.69) is 0 Å². The van der Waals surface area contributed by atoms with Crippen LogP contribution in [0.4, 0.5) is 0 Å². The van der Waals surface area contributed by atoms with Gasteiger partial charge in [0.25, 0.3) is 0 Å². The van der Waals surface area contributed by atoms with Gasteiger partial charge in [-0.1, -0.05) is 11.6 Å². The van der Waals surface area contributed by atoms with Crippen molar-refractivity contribution >= 4 is 24.6 Å². The lowest BCUT2D eigenvalue weighted by Gasteiger charge is -2.46. The van der Waals surface area contributed by atoms with E-state index < -0.39 is 7.05 Å². The molecule has 2 aliphatic heterocycles. The minimum Gasteiger partial charge on any atom is -0.458 e. The maximum absolute atomic E-state index is 12.3. The smallest absolute Gasteiger partial charge is 0.376 e. The molecule has 0 aliphatic carbocycles. The molecule has 1 aromatic carbocycles. The maximum atomic E-state index is 12.3. The molecule has 0 radical (unpaired) electrons. The Morgan fingerprint density at radius 2 is 1.91 bits per heavy atom. The van der Waals surface area contributed by atoms with Crippen molar-refractivity contribution in [2.45, 2.75) is 12.9 Å². The molecule has 2 heterocycles. The van der Waals surface area contributed by atoms with Gasteiger partial charge in [0.15, 0.2) is 0 Å². The fraction of sp³-hybridized carbons (Fsp3) is 0.533. The number of hydrogen-bond acceptors (Lipinski definition) is 5. The van der Waals surface area contributed by atoms with E-state index in [0.717, 1.165) is 0 Å². The van der Waals surface area contributed by atoms with Gasteiger partial charge < -0.3 is 19.3 Å². The van der Waals surface area contributed by atoms with E-state index >= 15 is 0 Å². The van der Waals surface area contributed by atoms with Crippen molar-refractivity contribution in [3.63, 3.8) is 0 Å². The topological polar surface area (TPSA) is 59.0 Å². The van der Waals surface area contributed by atoms with Crippen LogP contribution in [0.5, 0.6) is 0 Å². The Bertz CT molecular complexity index is 525. The van der Waals surface area contributed by atoms with Gasteiger partial charge in [-0.05, 0) is 44.2 Å². The molecule has 1 unspecified atom stereocenters. The molecule has 1 N–H and O–H groups in total. The number of carbonyl (C=O) groups is 1. The summed E-state index contributed by atoms with van der Waals surface area (Å²) in [5.74, 6) is -0.138. The first-order valence-electron chi connectivity index (χ1n) is 7.51. The van der Waals surface area contributed by atoms with E-state index in [4.69, 9.17) is 21.1 Å². The SMILES string of the molecule is CB(O)N1C[C@H]2COC[C@@H](C1)C2OC(=O)c1ccc(Cl)cc1. The Morgan fingerprint density at radius 3 is 2.45 bits per heavy atom. The second-order valence-electron chi connectivity index (χ2n) is 6.02. The first-order chi connectivity index (χ1) is 10.5. The average Bonchev–Trinajstić information content (AvgIpc) is 2.47. The Morgan fingerprint density at radius 1 is 1.32 bits per heavy atom. The average molecular weight is 324 g/mol. The first kappa shape index (κ1) is 15.8. The van der Waals surface area contributed by atoms with Gasteiger partial charge in [0.1, 0.15) is 6.10 Å². The number of hydrogen-bond donors (Lipinski definition) is 1. The van der Waals surface area contributed by atoms with Gasteiger partial charge in [0.2, 0.25) is 0 Å². The number of benzene rings is 1. The van der Waals surface area contributed by atoms with Crippen LogP contribution in [-0.2, 0) is 9.47 Å². The largest absolute Gasteiger partial charge is 0.458 e. The number of esters is 1. The predicted octanol–water partition coefficient (Wildman–Crippen LogP) is 1.55. The van der Waals surface area contributed by atoms with Crippen LogP contribution in [0.1, 0.15) is 10.4 Å². The summed E-state index contributed by atoms with van der Waals surface area (Å²) in [7, 11) is -0.490. The molecule has 3 rings (SSSR count). The molecule has 22 heavy (non-hydrogen) atoms. The Hall–Kier alpha value is -1.08. The molecule has 3 atom stereocenters. The molecule has 0 spiro atoms. The minimum absolute atomic E-state index is 0.0957. The fourth-order valence-corrected chi connectivity index (χ4v) is 3.34. The van der Waals surface area contributed by atoms with Crippen molar-refractivity contribution in [1.29, 1.82) is 0 Å². The molecule has 2 fully saturated rings. The first-order valence-corrected chi connectivity index (χ1v) is 7.89. The second kappa shape index (κ2) is 6.58. The monoisotopic (exact) mass is 323 g/mol. The summed E-state index contributed by atoms with van der Waals surface area (Å²) in [6, 6.07) is 6.69. The molecular weight excluding hydrogens is 304 g/mol. The van der Waals surface area contributed by atoms with Crippen LogP contribution in [0, 0.1) is 11.8 Å². The molecule has 1 aromatic rings. The molecule has 7 heteroatoms. The van der Waals surface area contributed by atoms with Crippen molar-refractivity contribution in [2.75, 3.05) is 26.3 Å². The third kappa shape index (κ3) is 3.30. The summed E-state index contributed by atoms with van der Waals surface area (Å²) in [5.41, 5.74) is 0.501. The highest BCUT2D eigenvalue weighted by Crippen LogP contribution is 2.31. The van der Waals surface area contributed by atoms with Crippen molar-refractivity contribution < 1.29 is 19.3 Å². The minimum atomic E-state index is -0.490. The molecule has 0 aromatic heterocycles. The van der Waals surface area contributed by atoms with Crippen molar-refractivity contribution in [3.05, 3.63) is 34.9 Å². The summed E-state index contributed by atoms with van der Waals surface area (Å²) in [4.78, 5) is 14.3. The maximum Gasteiger partial charge on any atom is 0.376 e. The normalized spacial score (nSPS) is 28.2. The van der Waals surface area contributed by atoms with Crippen molar-refractivity contribution in [1.82, 2.24) is 4.81 Å². The number of fused-ring (bicyclic) bond motifs is 2. The predicted molar refractivity (Wildman–Crippen MR) is 83.9 cm³/mol. The van der Waals surface area contributed by atoms with Crippen LogP contribution in [0.2, 0.25) is 11.8 Å². The van der Waals surface area contributed by atoms with Gasteiger partial charge in [-0.25, -0.2) is 4.79 Å². The van der Waals surface area contributed by atoms with Gasteiger partial charge in [-0.2, -0.15) is 0 Å². The van der Waals surface area contributed by atoms with Gasteiger partial charge in [0, 0.05) is 16.9 Å². The lowest BCUT2D eigenvalue weighted by molar-refractivity contribution is -0.118. The van der Waals surface area contributed by atoms with Crippen molar-refractivity contribution in [2.24, 2.45) is 11.8 Å². The second-order valence-corrected chi connectivity index (χ2v) is 6.46. The number of halogens is 1. The molecular formula is C15H19BClNO4. The summed E-state index contributed by atoms with van der Waals surface area (Å²) in [5, 5.41) is 10.4. The molecule has 0 amide bonds. The summed E-state index contributed by atoms with van der Waals surface area (Å²) >= 11 is 5.83. The zero-order chi connectivity index (χ0) is 15.7. The molecule has 2 aliphatic rings. The summed E-state index contributed by atoms with van der Waals surface area (Å²) in [6.45, 7) is 4.21. The molecule has 0 saturated carbocycles. The third-order valence-electron chi connectivity index (χ3n) is 4.38. The van der Waals surface area contributed by atoms with E-state index in [0.29, 0.717) is 36.9 Å². The highest BCUT2D eigenvalue weighted by Gasteiger charge is 2.44. The van der Waals surface area contributed by atoms with Crippen LogP contribution in [0.15, 0.2) is 24.3 Å². The quantitative estimate of drug-likeness (QED) is 0.675. The Labute approximate surface area is 135 Å². The number of ether oxygens (including phenoxy) is 2. The van der Waals surface area contributed by atoms with Gasteiger partial charge in [-0.3, -0.25) is 0 Å². The third-order valence-corrected chi connectivity index (χ3v) is 4.63. The van der Waals surface area contributed by atoms with Crippen LogP contribution in [0.25, 0.3) is 0 Å². The molecule has 118 valence electrons. The zero-order valence-electron chi connectivity index (χ0n) is 12.4. The number of piperidine rings is 1. The lowest BCUT2D eigenvalue weighted by atomic mass is 9.76. The van der Waals surface area contributed by atoms with Crippen LogP contribution >= 0.6 is 11.6 Å². The molecule has 2 saturated heterocycles. The van der Waals surface area contributed by atoms with Crippen molar-refractivity contribution in [3.8, 4) is 0 Å². The number of carbonyl (C=O) groups excluding carboxylic acids is 1. The summed E-state index contributed by atoms with van der Waals surface area (Å²) < 4.78 is 11.3. The molecule has 5 nitrogen and oxygen atoms in total. The van der Waals surface area contributed by atoms with Gasteiger partial charge in [-0.15, -0.1) is 0 Å². The zero-order valence-corrected chi connectivity index (χ0v) is 13.2. The number of rotatable bonds is 3. The van der Waals surface area contributed by atoms with Gasteiger partial charge in [0.05, 0.1) is 18.8 Å². The van der Waals surface area contributed by atoms with E-state index in [-0.39, 0.29) is 23.9 Å². The van der Waals surface area contributed by atoms with E-state index in [1.165, 1.54) is 0 Å². The molecule has 2 bridgehead atoms. The highest BCUT2D eigenvalue weighted by atomic mass is 35.5. The van der Waals surface area contributed by atoms with Gasteiger partial charge >= 0.3 is 13.0 Å². The van der Waals surface area contributed by atoms with Crippen LogP contribution in [0.3, 0.4) is 0 Å².